The Kier molecular flexibility index (Phi) is 4.76. The van der Waals surface area contributed by atoms with E-state index in [-0.39, 0.29) is 17.5 Å². The number of aliphatic hydroxyl groups excluding tert-OH is 1. The minimum atomic E-state index is -3.86. The van der Waals surface area contributed by atoms with Gasteiger partial charge in [0.2, 0.25) is 0 Å². The van der Waals surface area contributed by atoms with Crippen molar-refractivity contribution >= 4 is 16.0 Å². The molecule has 0 radical (unpaired) electrons. The number of pyridine rings is 1. The van der Waals surface area contributed by atoms with E-state index in [1.165, 1.54) is 30.9 Å². The van der Waals surface area contributed by atoms with Gasteiger partial charge in [0.1, 0.15) is 4.90 Å². The Morgan fingerprint density at radius 1 is 1.29 bits per heavy atom. The smallest absolute Gasteiger partial charge is 0.265 e. The largest absolute Gasteiger partial charge is 0.395 e. The highest BCUT2D eigenvalue weighted by Crippen LogP contribution is 2.12. The molecule has 0 unspecified atom stereocenters. The van der Waals surface area contributed by atoms with Crippen LogP contribution in [-0.4, -0.2) is 40.3 Å². The Hall–Kier alpha value is -2.57. The van der Waals surface area contributed by atoms with Gasteiger partial charge in [-0.2, -0.15) is 5.10 Å². The Morgan fingerprint density at radius 2 is 2.14 bits per heavy atom. The normalized spacial score (nSPS) is 10.5. The average Bonchev–Trinajstić information content (AvgIpc) is 2.48. The van der Waals surface area contributed by atoms with E-state index in [9.17, 15) is 8.42 Å². The molecular formula is C12H11N5O3S. The van der Waals surface area contributed by atoms with E-state index in [4.69, 9.17) is 5.11 Å². The Morgan fingerprint density at radius 3 is 2.86 bits per heavy atom. The number of hydrogen-bond donors (Lipinski definition) is 2. The third kappa shape index (κ3) is 4.20. The quantitative estimate of drug-likeness (QED) is 0.751. The molecule has 9 heteroatoms. The van der Waals surface area contributed by atoms with Gasteiger partial charge >= 0.3 is 0 Å². The summed E-state index contributed by atoms with van der Waals surface area (Å²) in [7, 11) is -3.86. The summed E-state index contributed by atoms with van der Waals surface area (Å²) in [5, 5.41) is 15.7. The van der Waals surface area contributed by atoms with Gasteiger partial charge in [0, 0.05) is 24.4 Å². The molecule has 0 atom stereocenters. The Balaban J connectivity index is 2.25. The molecule has 2 aromatic rings. The molecule has 21 heavy (non-hydrogen) atoms. The Labute approximate surface area is 121 Å². The monoisotopic (exact) mass is 305 g/mol. The molecule has 0 aliphatic heterocycles. The van der Waals surface area contributed by atoms with Crippen molar-refractivity contribution in [2.24, 2.45) is 0 Å². The van der Waals surface area contributed by atoms with Crippen LogP contribution in [-0.2, 0) is 10.0 Å². The predicted octanol–water partition coefficient (Wildman–Crippen LogP) is -0.199. The lowest BCUT2D eigenvalue weighted by Gasteiger charge is -2.05. The van der Waals surface area contributed by atoms with Crippen LogP contribution in [0.5, 0.6) is 0 Å². The maximum atomic E-state index is 12.1. The molecule has 0 spiro atoms. The van der Waals surface area contributed by atoms with Crippen molar-refractivity contribution in [3.63, 3.8) is 0 Å². The summed E-state index contributed by atoms with van der Waals surface area (Å²) in [5.74, 6) is 5.27. The van der Waals surface area contributed by atoms with Crippen molar-refractivity contribution in [1.29, 1.82) is 0 Å². The summed E-state index contributed by atoms with van der Waals surface area (Å²) in [6, 6.07) is 1.37. The van der Waals surface area contributed by atoms with E-state index in [0.29, 0.717) is 12.0 Å². The number of aliphatic hydroxyl groups is 1. The summed E-state index contributed by atoms with van der Waals surface area (Å²) in [5.41, 5.74) is 0.429. The second-order valence-corrected chi connectivity index (χ2v) is 5.44. The van der Waals surface area contributed by atoms with Gasteiger partial charge in [0.05, 0.1) is 19.0 Å². The fourth-order valence-electron chi connectivity index (χ4n) is 1.33. The molecule has 108 valence electrons. The first-order valence-corrected chi connectivity index (χ1v) is 7.31. The van der Waals surface area contributed by atoms with Gasteiger partial charge in [-0.05, 0) is 6.07 Å². The standard InChI is InChI=1S/C12H11N5O3S/c18-6-2-1-3-10-7-11(9-13-8-10)21(19,20)17-12-14-4-5-15-16-12/h4-5,7-9,18H,2,6H2,(H,14,16,17). The predicted molar refractivity (Wildman–Crippen MR) is 73.5 cm³/mol. The lowest BCUT2D eigenvalue weighted by molar-refractivity contribution is 0.305. The number of nitrogens with one attached hydrogen (secondary N) is 1. The Bertz CT molecular complexity index is 768. The maximum absolute atomic E-state index is 12.1. The number of nitrogens with zero attached hydrogens (tertiary/aromatic N) is 4. The van der Waals surface area contributed by atoms with Gasteiger partial charge in [-0.25, -0.2) is 18.1 Å². The number of hydrogen-bond acceptors (Lipinski definition) is 7. The molecule has 0 aliphatic rings. The molecule has 0 aliphatic carbocycles. The van der Waals surface area contributed by atoms with Crippen LogP contribution in [0.15, 0.2) is 35.7 Å². The minimum absolute atomic E-state index is 0.0572. The van der Waals surface area contributed by atoms with Crippen LogP contribution < -0.4 is 4.72 Å². The second kappa shape index (κ2) is 6.74. The lowest BCUT2D eigenvalue weighted by atomic mass is 10.3. The molecule has 8 nitrogen and oxygen atoms in total. The first-order chi connectivity index (χ1) is 10.1. The lowest BCUT2D eigenvalue weighted by Crippen LogP contribution is -2.15. The molecule has 0 bridgehead atoms. The van der Waals surface area contributed by atoms with Crippen molar-refractivity contribution in [3.8, 4) is 11.8 Å². The van der Waals surface area contributed by atoms with Crippen LogP contribution in [0.4, 0.5) is 5.95 Å². The third-order valence-corrected chi connectivity index (χ3v) is 3.50. The number of sulfonamides is 1. The first-order valence-electron chi connectivity index (χ1n) is 5.83. The minimum Gasteiger partial charge on any atom is -0.395 e. The van der Waals surface area contributed by atoms with E-state index in [1.807, 2.05) is 0 Å². The zero-order valence-electron chi connectivity index (χ0n) is 10.8. The van der Waals surface area contributed by atoms with E-state index in [0.717, 1.165) is 0 Å². The summed E-state index contributed by atoms with van der Waals surface area (Å²) in [6.45, 7) is -0.0572. The fraction of sp³-hybridized carbons (Fsp3) is 0.167. The second-order valence-electron chi connectivity index (χ2n) is 3.76. The molecule has 2 heterocycles. The first kappa shape index (κ1) is 14.8. The summed E-state index contributed by atoms with van der Waals surface area (Å²) in [4.78, 5) is 7.50. The van der Waals surface area contributed by atoms with Crippen LogP contribution in [0.3, 0.4) is 0 Å². The molecule has 2 N–H and O–H groups in total. The fourth-order valence-corrected chi connectivity index (χ4v) is 2.26. The molecule has 0 saturated carbocycles. The van der Waals surface area contributed by atoms with Crippen LogP contribution in [0.2, 0.25) is 0 Å². The average molecular weight is 305 g/mol. The topological polar surface area (TPSA) is 118 Å². The zero-order chi connectivity index (χ0) is 15.1. The number of anilines is 1. The highest BCUT2D eigenvalue weighted by atomic mass is 32.2. The van der Waals surface area contributed by atoms with Crippen molar-refractivity contribution in [2.45, 2.75) is 11.3 Å². The highest BCUT2D eigenvalue weighted by Gasteiger charge is 2.16. The highest BCUT2D eigenvalue weighted by molar-refractivity contribution is 7.92. The zero-order valence-corrected chi connectivity index (χ0v) is 11.6. The van der Waals surface area contributed by atoms with E-state index in [1.54, 1.807) is 0 Å². The van der Waals surface area contributed by atoms with E-state index >= 15 is 0 Å². The van der Waals surface area contributed by atoms with Crippen LogP contribution in [0.25, 0.3) is 0 Å². The van der Waals surface area contributed by atoms with Gasteiger partial charge in [-0.1, -0.05) is 11.8 Å². The van der Waals surface area contributed by atoms with Crippen LogP contribution in [0.1, 0.15) is 12.0 Å². The van der Waals surface area contributed by atoms with Crippen molar-refractivity contribution in [2.75, 3.05) is 11.3 Å². The molecule has 0 saturated heterocycles. The third-order valence-electron chi connectivity index (χ3n) is 2.20. The maximum Gasteiger partial charge on any atom is 0.265 e. The number of aromatic nitrogens is 4. The SMILES string of the molecule is O=S(=O)(Nc1nccnn1)c1cncc(C#CCCO)c1. The van der Waals surface area contributed by atoms with Crippen molar-refractivity contribution < 1.29 is 13.5 Å². The van der Waals surface area contributed by atoms with Gasteiger partial charge in [0.25, 0.3) is 16.0 Å². The summed E-state index contributed by atoms with van der Waals surface area (Å²) in [6.07, 6.45) is 5.58. The van der Waals surface area contributed by atoms with Crippen LogP contribution in [0, 0.1) is 11.8 Å². The molecule has 2 rings (SSSR count). The summed E-state index contributed by atoms with van der Waals surface area (Å²) < 4.78 is 26.5. The molecule has 2 aromatic heterocycles. The van der Waals surface area contributed by atoms with Gasteiger partial charge in [-0.15, -0.1) is 5.10 Å². The summed E-state index contributed by atoms with van der Waals surface area (Å²) >= 11 is 0. The van der Waals surface area contributed by atoms with Gasteiger partial charge in [-0.3, -0.25) is 4.98 Å². The number of rotatable bonds is 4. The molecule has 0 aromatic carbocycles. The van der Waals surface area contributed by atoms with Gasteiger partial charge < -0.3 is 5.11 Å². The van der Waals surface area contributed by atoms with E-state index in [2.05, 4.69) is 36.7 Å². The van der Waals surface area contributed by atoms with E-state index < -0.39 is 10.0 Å². The molecule has 0 fully saturated rings. The van der Waals surface area contributed by atoms with Gasteiger partial charge in [0.15, 0.2) is 0 Å². The van der Waals surface area contributed by atoms with Crippen molar-refractivity contribution in [1.82, 2.24) is 20.2 Å². The molecule has 0 amide bonds. The molecular weight excluding hydrogens is 294 g/mol. The van der Waals surface area contributed by atoms with Crippen molar-refractivity contribution in [3.05, 3.63) is 36.4 Å². The van der Waals surface area contributed by atoms with Crippen LogP contribution >= 0.6 is 0 Å².